The standard InChI is InChI=1S/C13H11F3N2O/c1-3-7-6-10(18(2)17-7)13(19)8-4-5-9(14)12(16)11(8)15/h4-6H,3H2,1-2H3. The van der Waals surface area contributed by atoms with Crippen molar-refractivity contribution >= 4 is 5.78 Å². The number of halogens is 3. The quantitative estimate of drug-likeness (QED) is 0.633. The lowest BCUT2D eigenvalue weighted by Crippen LogP contribution is -2.11. The lowest BCUT2D eigenvalue weighted by Gasteiger charge is -2.04. The molecule has 0 atom stereocenters. The Morgan fingerprint density at radius 2 is 1.95 bits per heavy atom. The number of carbonyl (C=O) groups is 1. The summed E-state index contributed by atoms with van der Waals surface area (Å²) in [6, 6.07) is 3.15. The molecule has 0 aliphatic rings. The van der Waals surface area contributed by atoms with Crippen LogP contribution in [0.3, 0.4) is 0 Å². The minimum Gasteiger partial charge on any atom is -0.287 e. The molecule has 0 radical (unpaired) electrons. The number of hydrogen-bond acceptors (Lipinski definition) is 2. The van der Waals surface area contributed by atoms with Crippen LogP contribution >= 0.6 is 0 Å². The van der Waals surface area contributed by atoms with E-state index in [2.05, 4.69) is 5.10 Å². The van der Waals surface area contributed by atoms with Gasteiger partial charge in [0.1, 0.15) is 5.69 Å². The molecule has 2 rings (SSSR count). The fourth-order valence-electron chi connectivity index (χ4n) is 1.75. The smallest absolute Gasteiger partial charge is 0.214 e. The molecule has 1 aromatic carbocycles. The second-order valence-electron chi connectivity index (χ2n) is 4.05. The number of rotatable bonds is 3. The molecule has 0 aliphatic heterocycles. The van der Waals surface area contributed by atoms with Crippen molar-refractivity contribution in [2.24, 2.45) is 7.05 Å². The fourth-order valence-corrected chi connectivity index (χ4v) is 1.75. The normalized spacial score (nSPS) is 10.8. The topological polar surface area (TPSA) is 34.9 Å². The minimum atomic E-state index is -1.65. The van der Waals surface area contributed by atoms with E-state index in [1.165, 1.54) is 17.8 Å². The average molecular weight is 268 g/mol. The van der Waals surface area contributed by atoms with Crippen LogP contribution in [0.15, 0.2) is 18.2 Å². The van der Waals surface area contributed by atoms with Gasteiger partial charge in [0.2, 0.25) is 5.78 Å². The number of hydrogen-bond donors (Lipinski definition) is 0. The first-order chi connectivity index (χ1) is 8.95. The van der Waals surface area contributed by atoms with Crippen molar-refractivity contribution in [1.29, 1.82) is 0 Å². The molecule has 3 nitrogen and oxygen atoms in total. The second-order valence-corrected chi connectivity index (χ2v) is 4.05. The van der Waals surface area contributed by atoms with E-state index in [9.17, 15) is 18.0 Å². The number of ketones is 1. The molecule has 0 saturated carbocycles. The Morgan fingerprint density at radius 1 is 1.26 bits per heavy atom. The molecular weight excluding hydrogens is 257 g/mol. The molecule has 1 aromatic heterocycles. The molecular formula is C13H11F3N2O. The molecule has 0 bridgehead atoms. The van der Waals surface area contributed by atoms with Crippen molar-refractivity contribution in [2.45, 2.75) is 13.3 Å². The van der Waals surface area contributed by atoms with Gasteiger partial charge in [-0.3, -0.25) is 9.48 Å². The summed E-state index contributed by atoms with van der Waals surface area (Å²) in [4.78, 5) is 12.1. The van der Waals surface area contributed by atoms with Crippen molar-refractivity contribution in [1.82, 2.24) is 9.78 Å². The van der Waals surface area contributed by atoms with Crippen molar-refractivity contribution in [3.8, 4) is 0 Å². The predicted molar refractivity (Wildman–Crippen MR) is 62.3 cm³/mol. The zero-order chi connectivity index (χ0) is 14.2. The maximum atomic E-state index is 13.6. The van der Waals surface area contributed by atoms with E-state index in [1.54, 1.807) is 0 Å². The highest BCUT2D eigenvalue weighted by molar-refractivity contribution is 6.08. The summed E-state index contributed by atoms with van der Waals surface area (Å²) in [6.07, 6.45) is 0.612. The van der Waals surface area contributed by atoms with Gasteiger partial charge in [0.25, 0.3) is 0 Å². The molecule has 0 spiro atoms. The van der Waals surface area contributed by atoms with Gasteiger partial charge in [0.15, 0.2) is 17.5 Å². The SMILES string of the molecule is CCc1cc(C(=O)c2ccc(F)c(F)c2F)n(C)n1. The zero-order valence-corrected chi connectivity index (χ0v) is 10.4. The number of aryl methyl sites for hydroxylation is 2. The second kappa shape index (κ2) is 4.87. The summed E-state index contributed by atoms with van der Waals surface area (Å²) >= 11 is 0. The van der Waals surface area contributed by atoms with Crippen molar-refractivity contribution < 1.29 is 18.0 Å². The highest BCUT2D eigenvalue weighted by atomic mass is 19.2. The lowest BCUT2D eigenvalue weighted by molar-refractivity contribution is 0.102. The molecule has 6 heteroatoms. The summed E-state index contributed by atoms with van der Waals surface area (Å²) in [7, 11) is 1.53. The van der Waals surface area contributed by atoms with Gasteiger partial charge in [0.05, 0.1) is 11.3 Å². The summed E-state index contributed by atoms with van der Waals surface area (Å²) in [6.45, 7) is 1.86. The Hall–Kier alpha value is -2.11. The first kappa shape index (κ1) is 13.3. The largest absolute Gasteiger partial charge is 0.287 e. The average Bonchev–Trinajstić information content (AvgIpc) is 2.77. The molecule has 0 unspecified atom stereocenters. The van der Waals surface area contributed by atoms with Gasteiger partial charge in [-0.1, -0.05) is 6.92 Å². The van der Waals surface area contributed by atoms with Crippen molar-refractivity contribution in [3.05, 3.63) is 52.6 Å². The van der Waals surface area contributed by atoms with Crippen LogP contribution in [0.4, 0.5) is 13.2 Å². The highest BCUT2D eigenvalue weighted by Gasteiger charge is 2.22. The lowest BCUT2D eigenvalue weighted by atomic mass is 10.1. The van der Waals surface area contributed by atoms with Crippen molar-refractivity contribution in [2.75, 3.05) is 0 Å². The van der Waals surface area contributed by atoms with Gasteiger partial charge < -0.3 is 0 Å². The van der Waals surface area contributed by atoms with Crippen LogP contribution in [0.1, 0.15) is 28.7 Å². The Kier molecular flexibility index (Phi) is 3.42. The van der Waals surface area contributed by atoms with Crippen LogP contribution in [0.5, 0.6) is 0 Å². The maximum absolute atomic E-state index is 13.6. The monoisotopic (exact) mass is 268 g/mol. The third-order valence-electron chi connectivity index (χ3n) is 2.81. The summed E-state index contributed by atoms with van der Waals surface area (Å²) in [5.41, 5.74) is 0.278. The summed E-state index contributed by atoms with van der Waals surface area (Å²) < 4.78 is 40.8. The van der Waals surface area contributed by atoms with Gasteiger partial charge >= 0.3 is 0 Å². The van der Waals surface area contributed by atoms with Crippen LogP contribution in [-0.2, 0) is 13.5 Å². The molecule has 0 saturated heterocycles. The van der Waals surface area contributed by atoms with E-state index in [4.69, 9.17) is 0 Å². The third-order valence-corrected chi connectivity index (χ3v) is 2.81. The van der Waals surface area contributed by atoms with Gasteiger partial charge in [-0.2, -0.15) is 5.10 Å². The number of nitrogens with zero attached hydrogens (tertiary/aromatic N) is 2. The van der Waals surface area contributed by atoms with Gasteiger partial charge in [0, 0.05) is 7.05 Å². The van der Waals surface area contributed by atoms with E-state index >= 15 is 0 Å². The Balaban J connectivity index is 2.50. The molecule has 2 aromatic rings. The Labute approximate surface area is 107 Å². The van der Waals surface area contributed by atoms with E-state index in [0.29, 0.717) is 12.1 Å². The van der Waals surface area contributed by atoms with Gasteiger partial charge in [-0.25, -0.2) is 13.2 Å². The molecule has 1 heterocycles. The van der Waals surface area contributed by atoms with E-state index in [0.717, 1.165) is 12.1 Å². The van der Waals surface area contributed by atoms with Gasteiger partial charge in [-0.15, -0.1) is 0 Å². The Bertz CT molecular complexity index is 650. The first-order valence-electron chi connectivity index (χ1n) is 5.66. The van der Waals surface area contributed by atoms with Crippen molar-refractivity contribution in [3.63, 3.8) is 0 Å². The molecule has 0 aliphatic carbocycles. The van der Waals surface area contributed by atoms with Crippen LogP contribution < -0.4 is 0 Å². The third kappa shape index (κ3) is 2.25. The van der Waals surface area contributed by atoms with Crippen LogP contribution in [0, 0.1) is 17.5 Å². The molecule has 19 heavy (non-hydrogen) atoms. The maximum Gasteiger partial charge on any atom is 0.214 e. The first-order valence-corrected chi connectivity index (χ1v) is 5.66. The zero-order valence-electron chi connectivity index (χ0n) is 10.4. The Morgan fingerprint density at radius 3 is 2.53 bits per heavy atom. The summed E-state index contributed by atoms with van der Waals surface area (Å²) in [5, 5.41) is 4.05. The number of carbonyl (C=O) groups excluding carboxylic acids is 1. The molecule has 100 valence electrons. The predicted octanol–water partition coefficient (Wildman–Crippen LogP) is 2.63. The van der Waals surface area contributed by atoms with Gasteiger partial charge in [-0.05, 0) is 24.6 Å². The van der Waals surface area contributed by atoms with E-state index < -0.39 is 28.8 Å². The van der Waals surface area contributed by atoms with E-state index in [-0.39, 0.29) is 5.69 Å². The number of aromatic nitrogens is 2. The summed E-state index contributed by atoms with van der Waals surface area (Å²) in [5.74, 6) is -5.19. The van der Waals surface area contributed by atoms with E-state index in [1.807, 2.05) is 6.92 Å². The van der Waals surface area contributed by atoms with Crippen LogP contribution in [-0.4, -0.2) is 15.6 Å². The van der Waals surface area contributed by atoms with Crippen LogP contribution in [0.25, 0.3) is 0 Å². The molecule has 0 N–H and O–H groups in total. The minimum absolute atomic E-state index is 0.127. The fraction of sp³-hybridized carbons (Fsp3) is 0.231. The number of benzene rings is 1. The molecule has 0 fully saturated rings. The molecule has 0 amide bonds. The van der Waals surface area contributed by atoms with Crippen LogP contribution in [0.2, 0.25) is 0 Å². The highest BCUT2D eigenvalue weighted by Crippen LogP contribution is 2.19.